The lowest BCUT2D eigenvalue weighted by Crippen LogP contribution is -2.60. The number of benzene rings is 4. The standard InChI is InChI=1S/C28H25OSSi/c1-20(2)21-17-18-27-25(19-21)28(29,24-15-9-10-16-26(24)30-27)31(22-11-5-3-6-12-22)23-13-7-4-8-14-23/h3-20,29H,1-2H3. The van der Waals surface area contributed by atoms with Crippen molar-refractivity contribution in [3.8, 4) is 0 Å². The SMILES string of the molecule is CC(C)c1ccc2c(c1)C(O)([Si](c1ccccc1)c1ccccc1)c1ccccc1S2. The van der Waals surface area contributed by atoms with Crippen molar-refractivity contribution in [2.45, 2.75) is 34.8 Å². The molecule has 31 heavy (non-hydrogen) atoms. The maximum Gasteiger partial charge on any atom is 0.170 e. The van der Waals surface area contributed by atoms with Crippen LogP contribution in [0.1, 0.15) is 36.5 Å². The molecule has 1 N–H and O–H groups in total. The summed E-state index contributed by atoms with van der Waals surface area (Å²) >= 11 is 1.77. The summed E-state index contributed by atoms with van der Waals surface area (Å²) < 4.78 is 0. The Morgan fingerprint density at radius 3 is 1.84 bits per heavy atom. The van der Waals surface area contributed by atoms with Crippen molar-refractivity contribution < 1.29 is 5.11 Å². The van der Waals surface area contributed by atoms with Gasteiger partial charge in [0.25, 0.3) is 0 Å². The Bertz CT molecular complexity index is 1170. The van der Waals surface area contributed by atoms with Gasteiger partial charge < -0.3 is 5.11 Å². The van der Waals surface area contributed by atoms with Crippen LogP contribution in [0.5, 0.6) is 0 Å². The van der Waals surface area contributed by atoms with Crippen molar-refractivity contribution in [1.82, 2.24) is 0 Å². The Morgan fingerprint density at radius 1 is 0.677 bits per heavy atom. The van der Waals surface area contributed by atoms with Gasteiger partial charge in [-0.25, -0.2) is 0 Å². The Labute approximate surface area is 190 Å². The zero-order valence-corrected chi connectivity index (χ0v) is 19.6. The van der Waals surface area contributed by atoms with Gasteiger partial charge in [0.1, 0.15) is 5.22 Å². The average Bonchev–Trinajstić information content (AvgIpc) is 2.81. The molecule has 3 heteroatoms. The third kappa shape index (κ3) is 3.47. The fourth-order valence-electron chi connectivity index (χ4n) is 4.46. The molecule has 1 heterocycles. The second-order valence-electron chi connectivity index (χ2n) is 8.33. The van der Waals surface area contributed by atoms with Crippen LogP contribution < -0.4 is 10.4 Å². The highest BCUT2D eigenvalue weighted by atomic mass is 32.2. The van der Waals surface area contributed by atoms with Crippen molar-refractivity contribution in [3.63, 3.8) is 0 Å². The minimum absolute atomic E-state index is 0.404. The predicted molar refractivity (Wildman–Crippen MR) is 132 cm³/mol. The Hall–Kier alpha value is -2.59. The summed E-state index contributed by atoms with van der Waals surface area (Å²) in [6.07, 6.45) is 0. The Balaban J connectivity index is 1.84. The van der Waals surface area contributed by atoms with Crippen molar-refractivity contribution in [3.05, 3.63) is 120 Å². The first-order valence-electron chi connectivity index (χ1n) is 10.7. The molecule has 1 radical (unpaired) electrons. The molecular formula is C28H25OSSi. The summed E-state index contributed by atoms with van der Waals surface area (Å²) in [7, 11) is -1.62. The van der Waals surface area contributed by atoms with Crippen LogP contribution >= 0.6 is 11.8 Å². The highest BCUT2D eigenvalue weighted by molar-refractivity contribution is 7.99. The van der Waals surface area contributed by atoms with Crippen LogP contribution in [0.4, 0.5) is 0 Å². The quantitative estimate of drug-likeness (QED) is 0.434. The van der Waals surface area contributed by atoms with E-state index in [2.05, 4.69) is 105 Å². The molecule has 1 unspecified atom stereocenters. The fraction of sp³-hybridized carbons (Fsp3) is 0.143. The third-order valence-corrected chi connectivity index (χ3v) is 10.3. The summed E-state index contributed by atoms with van der Waals surface area (Å²) in [5.74, 6) is 0.404. The lowest BCUT2D eigenvalue weighted by molar-refractivity contribution is 0.159. The van der Waals surface area contributed by atoms with Gasteiger partial charge in [-0.1, -0.05) is 127 Å². The monoisotopic (exact) mass is 437 g/mol. The summed E-state index contributed by atoms with van der Waals surface area (Å²) in [6, 6.07) is 36.2. The highest BCUT2D eigenvalue weighted by Crippen LogP contribution is 2.49. The van der Waals surface area contributed by atoms with Gasteiger partial charge in [0.15, 0.2) is 8.80 Å². The molecule has 0 amide bonds. The second kappa shape index (κ2) is 8.16. The van der Waals surface area contributed by atoms with Gasteiger partial charge in [0.05, 0.1) is 0 Å². The van der Waals surface area contributed by atoms with E-state index < -0.39 is 14.0 Å². The fourth-order valence-corrected chi connectivity index (χ4v) is 8.99. The molecule has 0 bridgehead atoms. The number of fused-ring (bicyclic) bond motifs is 2. The third-order valence-electron chi connectivity index (χ3n) is 6.04. The molecule has 4 aromatic rings. The predicted octanol–water partition coefficient (Wildman–Crippen LogP) is 5.36. The smallest absolute Gasteiger partial charge is 0.170 e. The molecule has 0 fully saturated rings. The lowest BCUT2D eigenvalue weighted by Gasteiger charge is -2.41. The topological polar surface area (TPSA) is 20.2 Å². The average molecular weight is 438 g/mol. The molecule has 4 aromatic carbocycles. The number of hydrogen-bond acceptors (Lipinski definition) is 2. The molecule has 1 aliphatic rings. The molecule has 153 valence electrons. The molecular weight excluding hydrogens is 412 g/mol. The van der Waals surface area contributed by atoms with E-state index in [1.807, 2.05) is 12.1 Å². The van der Waals surface area contributed by atoms with Crippen LogP contribution in [0, 0.1) is 0 Å². The van der Waals surface area contributed by atoms with E-state index >= 15 is 0 Å². The Kier molecular flexibility index (Phi) is 5.35. The van der Waals surface area contributed by atoms with Crippen molar-refractivity contribution in [2.75, 3.05) is 0 Å². The van der Waals surface area contributed by atoms with Gasteiger partial charge in [-0.05, 0) is 34.7 Å². The summed E-state index contributed by atoms with van der Waals surface area (Å²) in [5.41, 5.74) is 3.33. The van der Waals surface area contributed by atoms with E-state index in [-0.39, 0.29) is 0 Å². The molecule has 0 aromatic heterocycles. The first kappa shape index (κ1) is 20.3. The molecule has 5 rings (SSSR count). The summed E-state index contributed by atoms with van der Waals surface area (Å²) in [5, 5.41) is 14.2. The van der Waals surface area contributed by atoms with E-state index in [0.717, 1.165) is 20.9 Å². The lowest BCUT2D eigenvalue weighted by atomic mass is 9.94. The van der Waals surface area contributed by atoms with Crippen LogP contribution in [-0.4, -0.2) is 13.9 Å². The molecule has 1 aliphatic heterocycles. The minimum Gasteiger partial charge on any atom is -0.383 e. The van der Waals surface area contributed by atoms with E-state index in [0.29, 0.717) is 5.92 Å². The summed E-state index contributed by atoms with van der Waals surface area (Å²) in [4.78, 5) is 2.30. The van der Waals surface area contributed by atoms with Crippen molar-refractivity contribution in [2.24, 2.45) is 0 Å². The zero-order chi connectivity index (χ0) is 21.4. The molecule has 0 saturated carbocycles. The van der Waals surface area contributed by atoms with Crippen LogP contribution in [0.15, 0.2) is 113 Å². The minimum atomic E-state index is -1.62. The first-order valence-corrected chi connectivity index (χ1v) is 13.0. The van der Waals surface area contributed by atoms with Crippen LogP contribution in [0.2, 0.25) is 0 Å². The van der Waals surface area contributed by atoms with Crippen LogP contribution in [0.3, 0.4) is 0 Å². The maximum atomic E-state index is 12.9. The molecule has 1 atom stereocenters. The van der Waals surface area contributed by atoms with Gasteiger partial charge in [-0.15, -0.1) is 0 Å². The van der Waals surface area contributed by atoms with Gasteiger partial charge in [0, 0.05) is 9.79 Å². The summed E-state index contributed by atoms with van der Waals surface area (Å²) in [6.45, 7) is 4.43. The Morgan fingerprint density at radius 2 is 1.23 bits per heavy atom. The molecule has 0 saturated heterocycles. The van der Waals surface area contributed by atoms with Crippen LogP contribution in [-0.2, 0) is 5.22 Å². The number of aliphatic hydroxyl groups is 1. The van der Waals surface area contributed by atoms with E-state index in [4.69, 9.17) is 0 Å². The van der Waals surface area contributed by atoms with E-state index in [1.165, 1.54) is 15.9 Å². The van der Waals surface area contributed by atoms with Crippen molar-refractivity contribution in [1.29, 1.82) is 0 Å². The number of hydrogen-bond donors (Lipinski definition) is 1. The molecule has 1 nitrogen and oxygen atoms in total. The first-order chi connectivity index (χ1) is 15.1. The maximum absolute atomic E-state index is 12.9. The van der Waals surface area contributed by atoms with Gasteiger partial charge in [-0.2, -0.15) is 0 Å². The molecule has 0 spiro atoms. The van der Waals surface area contributed by atoms with Crippen molar-refractivity contribution >= 4 is 30.9 Å². The van der Waals surface area contributed by atoms with E-state index in [9.17, 15) is 5.11 Å². The highest BCUT2D eigenvalue weighted by Gasteiger charge is 2.48. The number of rotatable bonds is 4. The second-order valence-corrected chi connectivity index (χ2v) is 12.0. The van der Waals surface area contributed by atoms with E-state index in [1.54, 1.807) is 11.8 Å². The van der Waals surface area contributed by atoms with Gasteiger partial charge in [-0.3, -0.25) is 0 Å². The largest absolute Gasteiger partial charge is 0.383 e. The zero-order valence-electron chi connectivity index (χ0n) is 17.7. The van der Waals surface area contributed by atoms with Gasteiger partial charge in [0.2, 0.25) is 0 Å². The molecule has 0 aliphatic carbocycles. The van der Waals surface area contributed by atoms with Gasteiger partial charge >= 0.3 is 0 Å². The van der Waals surface area contributed by atoms with Crippen LogP contribution in [0.25, 0.3) is 0 Å². The normalized spacial score (nSPS) is 17.5.